The first kappa shape index (κ1) is 10.9. The Kier molecular flexibility index (Phi) is 4.32. The first-order valence-electron chi connectivity index (χ1n) is 4.95. The maximum absolute atomic E-state index is 11.2. The van der Waals surface area contributed by atoms with Crippen LogP contribution in [0.15, 0.2) is 23.3 Å². The zero-order chi connectivity index (χ0) is 10.4. The maximum Gasteiger partial charge on any atom is 0.347 e. The first-order valence-corrected chi connectivity index (χ1v) is 4.95. The van der Waals surface area contributed by atoms with Gasteiger partial charge in [0, 0.05) is 25.0 Å². The van der Waals surface area contributed by atoms with Crippen LogP contribution in [0.25, 0.3) is 0 Å². The van der Waals surface area contributed by atoms with Crippen LogP contribution in [0, 0.1) is 0 Å². The molecule has 0 spiro atoms. The van der Waals surface area contributed by atoms with Crippen LogP contribution < -0.4 is 11.0 Å². The van der Waals surface area contributed by atoms with E-state index in [0.29, 0.717) is 6.04 Å². The van der Waals surface area contributed by atoms with E-state index in [-0.39, 0.29) is 5.69 Å². The Morgan fingerprint density at radius 2 is 2.36 bits per heavy atom. The Balaban J connectivity index is 2.32. The van der Waals surface area contributed by atoms with E-state index in [2.05, 4.69) is 24.1 Å². The Hall–Kier alpha value is -1.16. The second kappa shape index (κ2) is 5.54. The molecule has 0 saturated carbocycles. The third kappa shape index (κ3) is 3.70. The monoisotopic (exact) mass is 195 g/mol. The van der Waals surface area contributed by atoms with Crippen LogP contribution in [-0.4, -0.2) is 22.1 Å². The molecule has 0 aliphatic rings. The number of hydrogen-bond donors (Lipinski definition) is 1. The topological polar surface area (TPSA) is 46.9 Å². The molecular weight excluding hydrogens is 178 g/mol. The highest BCUT2D eigenvalue weighted by Gasteiger charge is 1.95. The van der Waals surface area contributed by atoms with Gasteiger partial charge in [-0.3, -0.25) is 4.57 Å². The zero-order valence-electron chi connectivity index (χ0n) is 8.73. The summed E-state index contributed by atoms with van der Waals surface area (Å²) in [5.74, 6) is 0. The number of aromatic nitrogens is 2. The number of hydrogen-bond acceptors (Lipinski definition) is 3. The van der Waals surface area contributed by atoms with E-state index in [1.54, 1.807) is 16.8 Å². The fraction of sp³-hybridized carbons (Fsp3) is 0.600. The SMILES string of the molecule is CC(C)NCCCn1cccnc1=O. The first-order chi connectivity index (χ1) is 6.70. The van der Waals surface area contributed by atoms with Crippen molar-refractivity contribution < 1.29 is 0 Å². The van der Waals surface area contributed by atoms with Gasteiger partial charge in [-0.05, 0) is 19.0 Å². The van der Waals surface area contributed by atoms with E-state index in [1.807, 2.05) is 0 Å². The van der Waals surface area contributed by atoms with Gasteiger partial charge in [0.1, 0.15) is 0 Å². The molecule has 4 heteroatoms. The Bertz CT molecular complexity index is 319. The van der Waals surface area contributed by atoms with Crippen molar-refractivity contribution in [1.82, 2.24) is 14.9 Å². The third-order valence-corrected chi connectivity index (χ3v) is 1.91. The van der Waals surface area contributed by atoms with Gasteiger partial charge < -0.3 is 5.32 Å². The Morgan fingerprint density at radius 1 is 1.57 bits per heavy atom. The van der Waals surface area contributed by atoms with Crippen LogP contribution in [0.2, 0.25) is 0 Å². The molecule has 0 amide bonds. The summed E-state index contributed by atoms with van der Waals surface area (Å²) in [6, 6.07) is 2.28. The second-order valence-corrected chi connectivity index (χ2v) is 3.56. The summed E-state index contributed by atoms with van der Waals surface area (Å²) in [4.78, 5) is 14.9. The average Bonchev–Trinajstić information content (AvgIpc) is 2.15. The summed E-state index contributed by atoms with van der Waals surface area (Å²) < 4.78 is 1.63. The van der Waals surface area contributed by atoms with Gasteiger partial charge in [-0.1, -0.05) is 13.8 Å². The number of nitrogens with one attached hydrogen (secondary N) is 1. The molecule has 1 N–H and O–H groups in total. The minimum atomic E-state index is -0.169. The van der Waals surface area contributed by atoms with Gasteiger partial charge in [0.25, 0.3) is 0 Å². The highest BCUT2D eigenvalue weighted by atomic mass is 16.1. The molecule has 0 unspecified atom stereocenters. The number of rotatable bonds is 5. The summed E-state index contributed by atoms with van der Waals surface area (Å²) in [5.41, 5.74) is -0.169. The summed E-state index contributed by atoms with van der Waals surface area (Å²) in [5, 5.41) is 3.30. The number of aryl methyl sites for hydroxylation is 1. The molecule has 0 aliphatic heterocycles. The van der Waals surface area contributed by atoms with Gasteiger partial charge in [0.2, 0.25) is 0 Å². The van der Waals surface area contributed by atoms with Crippen LogP contribution in [0.4, 0.5) is 0 Å². The Morgan fingerprint density at radius 3 is 3.00 bits per heavy atom. The van der Waals surface area contributed by atoms with Gasteiger partial charge in [0.15, 0.2) is 0 Å². The standard InChI is InChI=1S/C10H17N3O/c1-9(2)11-5-3-7-13-8-4-6-12-10(13)14/h4,6,8-9,11H,3,5,7H2,1-2H3. The van der Waals surface area contributed by atoms with Crippen molar-refractivity contribution in [2.24, 2.45) is 0 Å². The lowest BCUT2D eigenvalue weighted by atomic mass is 10.3. The second-order valence-electron chi connectivity index (χ2n) is 3.56. The van der Waals surface area contributed by atoms with E-state index in [4.69, 9.17) is 0 Å². The van der Waals surface area contributed by atoms with Gasteiger partial charge >= 0.3 is 5.69 Å². The normalized spacial score (nSPS) is 10.8. The van der Waals surface area contributed by atoms with Crippen molar-refractivity contribution in [3.8, 4) is 0 Å². The van der Waals surface area contributed by atoms with Crippen molar-refractivity contribution in [3.63, 3.8) is 0 Å². The van der Waals surface area contributed by atoms with E-state index in [0.717, 1.165) is 19.5 Å². The molecule has 1 rings (SSSR count). The van der Waals surface area contributed by atoms with Crippen LogP contribution in [-0.2, 0) is 6.54 Å². The van der Waals surface area contributed by atoms with Crippen LogP contribution in [0.5, 0.6) is 0 Å². The van der Waals surface area contributed by atoms with Crippen LogP contribution in [0.3, 0.4) is 0 Å². The molecule has 1 aromatic heterocycles. The molecule has 4 nitrogen and oxygen atoms in total. The Labute approximate surface area is 84.0 Å². The quantitative estimate of drug-likeness (QED) is 0.701. The lowest BCUT2D eigenvalue weighted by molar-refractivity contribution is 0.525. The van der Waals surface area contributed by atoms with Crippen LogP contribution in [0.1, 0.15) is 20.3 Å². The highest BCUT2D eigenvalue weighted by molar-refractivity contribution is 4.80. The van der Waals surface area contributed by atoms with Crippen LogP contribution >= 0.6 is 0 Å². The molecule has 78 valence electrons. The molecule has 14 heavy (non-hydrogen) atoms. The fourth-order valence-electron chi connectivity index (χ4n) is 1.20. The lowest BCUT2D eigenvalue weighted by Gasteiger charge is -2.08. The summed E-state index contributed by atoms with van der Waals surface area (Å²) in [7, 11) is 0. The molecule has 0 fully saturated rings. The predicted octanol–water partition coefficient (Wildman–Crippen LogP) is 0.631. The third-order valence-electron chi connectivity index (χ3n) is 1.91. The molecule has 1 heterocycles. The van der Waals surface area contributed by atoms with Crippen molar-refractivity contribution in [3.05, 3.63) is 28.9 Å². The van der Waals surface area contributed by atoms with E-state index < -0.39 is 0 Å². The average molecular weight is 195 g/mol. The van der Waals surface area contributed by atoms with Gasteiger partial charge in [-0.15, -0.1) is 0 Å². The zero-order valence-corrected chi connectivity index (χ0v) is 8.73. The van der Waals surface area contributed by atoms with Gasteiger partial charge in [0.05, 0.1) is 0 Å². The summed E-state index contributed by atoms with van der Waals surface area (Å²) in [6.45, 7) is 5.87. The highest BCUT2D eigenvalue weighted by Crippen LogP contribution is 1.86. The lowest BCUT2D eigenvalue weighted by Crippen LogP contribution is -2.27. The molecule has 0 aromatic carbocycles. The molecule has 0 radical (unpaired) electrons. The van der Waals surface area contributed by atoms with Crippen molar-refractivity contribution >= 4 is 0 Å². The minimum absolute atomic E-state index is 0.169. The summed E-state index contributed by atoms with van der Waals surface area (Å²) >= 11 is 0. The number of nitrogens with zero attached hydrogens (tertiary/aromatic N) is 2. The van der Waals surface area contributed by atoms with E-state index in [1.165, 1.54) is 6.20 Å². The molecule has 0 saturated heterocycles. The molecule has 0 bridgehead atoms. The molecule has 1 aromatic rings. The smallest absolute Gasteiger partial charge is 0.314 e. The predicted molar refractivity (Wildman–Crippen MR) is 56.3 cm³/mol. The molecular formula is C10H17N3O. The molecule has 0 atom stereocenters. The fourth-order valence-corrected chi connectivity index (χ4v) is 1.20. The van der Waals surface area contributed by atoms with Gasteiger partial charge in [-0.25, -0.2) is 9.78 Å². The minimum Gasteiger partial charge on any atom is -0.314 e. The van der Waals surface area contributed by atoms with E-state index in [9.17, 15) is 4.79 Å². The van der Waals surface area contributed by atoms with Crippen molar-refractivity contribution in [1.29, 1.82) is 0 Å². The molecule has 0 aliphatic carbocycles. The van der Waals surface area contributed by atoms with Crippen molar-refractivity contribution in [2.75, 3.05) is 6.54 Å². The van der Waals surface area contributed by atoms with Crippen molar-refractivity contribution in [2.45, 2.75) is 32.9 Å². The van der Waals surface area contributed by atoms with E-state index >= 15 is 0 Å². The van der Waals surface area contributed by atoms with Gasteiger partial charge in [-0.2, -0.15) is 0 Å². The maximum atomic E-state index is 11.2. The summed E-state index contributed by atoms with van der Waals surface area (Å²) in [6.07, 6.45) is 4.24. The largest absolute Gasteiger partial charge is 0.347 e.